The standard InChI is InChI=1S/C19H21N3O2/c23-19(18-16-7-9-24-17(16)6-8-20-18)22-12-14-10-15(22)11-21(14)13-4-2-1-3-5-13/h1-5,7,9,14-15,18,20H,6,8,10-12H2/t14-,15-,18?/m0/s1. The average Bonchev–Trinajstić information content (AvgIpc) is 3.36. The summed E-state index contributed by atoms with van der Waals surface area (Å²) in [5.41, 5.74) is 2.29. The monoisotopic (exact) mass is 323 g/mol. The van der Waals surface area contributed by atoms with Crippen LogP contribution in [0.2, 0.25) is 0 Å². The Morgan fingerprint density at radius 3 is 2.79 bits per heavy atom. The molecule has 1 aromatic heterocycles. The summed E-state index contributed by atoms with van der Waals surface area (Å²) in [6.07, 6.45) is 3.64. The van der Waals surface area contributed by atoms with Gasteiger partial charge in [-0.3, -0.25) is 4.79 Å². The van der Waals surface area contributed by atoms with Gasteiger partial charge in [-0.1, -0.05) is 18.2 Å². The van der Waals surface area contributed by atoms with Gasteiger partial charge in [0.25, 0.3) is 0 Å². The van der Waals surface area contributed by atoms with Crippen LogP contribution in [0.1, 0.15) is 23.8 Å². The maximum Gasteiger partial charge on any atom is 0.244 e. The molecule has 3 aliphatic heterocycles. The SMILES string of the molecule is O=C(C1NCCc2occc21)N1C[C@@H]2C[C@H]1CN2c1ccccc1. The summed E-state index contributed by atoms with van der Waals surface area (Å²) in [5, 5.41) is 3.38. The molecule has 3 aliphatic rings. The Hall–Kier alpha value is -2.27. The molecule has 2 bridgehead atoms. The number of fused-ring (bicyclic) bond motifs is 3. The molecule has 0 spiro atoms. The van der Waals surface area contributed by atoms with Crippen molar-refractivity contribution in [3.63, 3.8) is 0 Å². The van der Waals surface area contributed by atoms with Gasteiger partial charge in [-0.05, 0) is 24.6 Å². The van der Waals surface area contributed by atoms with E-state index in [0.29, 0.717) is 12.1 Å². The van der Waals surface area contributed by atoms with Crippen molar-refractivity contribution in [2.75, 3.05) is 24.5 Å². The van der Waals surface area contributed by atoms with Gasteiger partial charge in [-0.2, -0.15) is 0 Å². The van der Waals surface area contributed by atoms with Crippen LogP contribution >= 0.6 is 0 Å². The van der Waals surface area contributed by atoms with Crippen LogP contribution in [-0.2, 0) is 11.2 Å². The zero-order valence-electron chi connectivity index (χ0n) is 13.5. The molecule has 1 aromatic carbocycles. The first kappa shape index (κ1) is 14.1. The molecule has 1 N–H and O–H groups in total. The second kappa shape index (κ2) is 5.38. The zero-order valence-corrected chi connectivity index (χ0v) is 13.5. The maximum absolute atomic E-state index is 13.1. The Bertz CT molecular complexity index is 757. The lowest BCUT2D eigenvalue weighted by Crippen LogP contribution is -2.52. The second-order valence-corrected chi connectivity index (χ2v) is 6.96. The maximum atomic E-state index is 13.1. The summed E-state index contributed by atoms with van der Waals surface area (Å²) in [6.45, 7) is 2.56. The third kappa shape index (κ3) is 2.08. The summed E-state index contributed by atoms with van der Waals surface area (Å²) in [7, 11) is 0. The summed E-state index contributed by atoms with van der Waals surface area (Å²) in [4.78, 5) is 17.6. The first-order valence-corrected chi connectivity index (χ1v) is 8.73. The third-order valence-corrected chi connectivity index (χ3v) is 5.65. The lowest BCUT2D eigenvalue weighted by Gasteiger charge is -2.37. The molecule has 124 valence electrons. The van der Waals surface area contributed by atoms with E-state index in [1.54, 1.807) is 6.26 Å². The summed E-state index contributed by atoms with van der Waals surface area (Å²) in [5.74, 6) is 1.17. The highest BCUT2D eigenvalue weighted by Gasteiger charge is 2.47. The quantitative estimate of drug-likeness (QED) is 0.918. The van der Waals surface area contributed by atoms with E-state index in [-0.39, 0.29) is 11.9 Å². The molecule has 5 heteroatoms. The molecule has 4 heterocycles. The molecule has 1 unspecified atom stereocenters. The largest absolute Gasteiger partial charge is 0.469 e. The van der Waals surface area contributed by atoms with Gasteiger partial charge in [0.1, 0.15) is 11.8 Å². The second-order valence-electron chi connectivity index (χ2n) is 6.96. The number of hydrogen-bond acceptors (Lipinski definition) is 4. The van der Waals surface area contributed by atoms with Crippen LogP contribution in [0.25, 0.3) is 0 Å². The van der Waals surface area contributed by atoms with Crippen LogP contribution < -0.4 is 10.2 Å². The number of nitrogens with zero attached hydrogens (tertiary/aromatic N) is 2. The molecule has 0 saturated carbocycles. The minimum Gasteiger partial charge on any atom is -0.469 e. The lowest BCUT2D eigenvalue weighted by atomic mass is 10.0. The molecular formula is C19H21N3O2. The minimum atomic E-state index is -0.239. The molecule has 3 atom stereocenters. The zero-order chi connectivity index (χ0) is 16.1. The number of anilines is 1. The van der Waals surface area contributed by atoms with E-state index in [1.807, 2.05) is 12.1 Å². The molecule has 2 aromatic rings. The number of amides is 1. The van der Waals surface area contributed by atoms with Crippen LogP contribution in [0.5, 0.6) is 0 Å². The highest BCUT2D eigenvalue weighted by atomic mass is 16.3. The summed E-state index contributed by atoms with van der Waals surface area (Å²) >= 11 is 0. The van der Waals surface area contributed by atoms with Crippen molar-refractivity contribution in [3.8, 4) is 0 Å². The van der Waals surface area contributed by atoms with E-state index in [9.17, 15) is 4.79 Å². The highest BCUT2D eigenvalue weighted by Crippen LogP contribution is 2.36. The Balaban J connectivity index is 1.34. The van der Waals surface area contributed by atoms with E-state index < -0.39 is 0 Å². The molecule has 24 heavy (non-hydrogen) atoms. The van der Waals surface area contributed by atoms with E-state index in [0.717, 1.165) is 43.8 Å². The predicted molar refractivity (Wildman–Crippen MR) is 90.8 cm³/mol. The van der Waals surface area contributed by atoms with Crippen LogP contribution in [0.3, 0.4) is 0 Å². The number of rotatable bonds is 2. The number of piperazine rings is 1. The van der Waals surface area contributed by atoms with Crippen molar-refractivity contribution in [1.82, 2.24) is 10.2 Å². The van der Waals surface area contributed by atoms with Crippen molar-refractivity contribution in [3.05, 3.63) is 54.0 Å². The van der Waals surface area contributed by atoms with Crippen molar-refractivity contribution >= 4 is 11.6 Å². The topological polar surface area (TPSA) is 48.7 Å². The number of furan rings is 1. The molecule has 2 saturated heterocycles. The normalized spacial score (nSPS) is 28.2. The molecule has 5 nitrogen and oxygen atoms in total. The summed E-state index contributed by atoms with van der Waals surface area (Å²) in [6, 6.07) is 13.0. The molecule has 0 radical (unpaired) electrons. The van der Waals surface area contributed by atoms with Gasteiger partial charge < -0.3 is 19.5 Å². The highest BCUT2D eigenvalue weighted by molar-refractivity contribution is 5.85. The molecular weight excluding hydrogens is 302 g/mol. The van der Waals surface area contributed by atoms with Gasteiger partial charge in [0.2, 0.25) is 5.91 Å². The minimum absolute atomic E-state index is 0.206. The molecule has 5 rings (SSSR count). The fourth-order valence-corrected chi connectivity index (χ4v) is 4.51. The average molecular weight is 323 g/mol. The van der Waals surface area contributed by atoms with Crippen molar-refractivity contribution < 1.29 is 9.21 Å². The van der Waals surface area contributed by atoms with Gasteiger partial charge >= 0.3 is 0 Å². The van der Waals surface area contributed by atoms with Crippen molar-refractivity contribution in [1.29, 1.82) is 0 Å². The number of para-hydroxylation sites is 1. The number of likely N-dealkylation sites (tertiary alicyclic amines) is 1. The Morgan fingerprint density at radius 1 is 1.12 bits per heavy atom. The molecule has 2 fully saturated rings. The first-order chi connectivity index (χ1) is 11.8. The van der Waals surface area contributed by atoms with Gasteiger partial charge in [-0.25, -0.2) is 0 Å². The summed E-state index contributed by atoms with van der Waals surface area (Å²) < 4.78 is 5.52. The smallest absolute Gasteiger partial charge is 0.244 e. The van der Waals surface area contributed by atoms with Gasteiger partial charge in [-0.15, -0.1) is 0 Å². The number of carbonyl (C=O) groups excluding carboxylic acids is 1. The number of hydrogen-bond donors (Lipinski definition) is 1. The van der Waals surface area contributed by atoms with E-state index in [2.05, 4.69) is 39.4 Å². The van der Waals surface area contributed by atoms with Crippen LogP contribution in [-0.4, -0.2) is 42.5 Å². The Morgan fingerprint density at radius 2 is 2.00 bits per heavy atom. The van der Waals surface area contributed by atoms with E-state index in [4.69, 9.17) is 4.42 Å². The number of carbonyl (C=O) groups is 1. The molecule has 0 aliphatic carbocycles. The van der Waals surface area contributed by atoms with Crippen LogP contribution in [0.4, 0.5) is 5.69 Å². The number of nitrogens with one attached hydrogen (secondary N) is 1. The van der Waals surface area contributed by atoms with Crippen molar-refractivity contribution in [2.24, 2.45) is 0 Å². The Labute approximate surface area is 141 Å². The predicted octanol–water partition coefficient (Wildman–Crippen LogP) is 1.96. The number of benzene rings is 1. The fraction of sp³-hybridized carbons (Fsp3) is 0.421. The van der Waals surface area contributed by atoms with Crippen LogP contribution in [0, 0.1) is 0 Å². The molecule has 1 amide bonds. The fourth-order valence-electron chi connectivity index (χ4n) is 4.51. The van der Waals surface area contributed by atoms with E-state index in [1.165, 1.54) is 5.69 Å². The Kier molecular flexibility index (Phi) is 3.16. The third-order valence-electron chi connectivity index (χ3n) is 5.65. The van der Waals surface area contributed by atoms with Crippen LogP contribution in [0.15, 0.2) is 47.1 Å². The lowest BCUT2D eigenvalue weighted by molar-refractivity contribution is -0.135. The van der Waals surface area contributed by atoms with Crippen molar-refractivity contribution in [2.45, 2.75) is 31.0 Å². The van der Waals surface area contributed by atoms with Gasteiger partial charge in [0.05, 0.1) is 12.3 Å². The van der Waals surface area contributed by atoms with Gasteiger partial charge in [0.15, 0.2) is 0 Å². The first-order valence-electron chi connectivity index (χ1n) is 8.73. The van der Waals surface area contributed by atoms with E-state index >= 15 is 0 Å². The van der Waals surface area contributed by atoms with Gasteiger partial charge in [0, 0.05) is 43.3 Å².